The summed E-state index contributed by atoms with van der Waals surface area (Å²) >= 11 is 0. The molecule has 230 valence electrons. The van der Waals surface area contributed by atoms with Gasteiger partial charge in [0, 0.05) is 23.4 Å². The van der Waals surface area contributed by atoms with Crippen molar-refractivity contribution in [2.45, 2.75) is 110 Å². The van der Waals surface area contributed by atoms with E-state index in [0.29, 0.717) is 0 Å². The van der Waals surface area contributed by atoms with E-state index in [1.165, 1.54) is 65.3 Å². The molecule has 0 aliphatic heterocycles. The maximum Gasteiger partial charge on any atom is 0.310 e. The molecular formula is C39H51NO3. The van der Waals surface area contributed by atoms with Crippen molar-refractivity contribution in [3.63, 3.8) is 0 Å². The topological polar surface area (TPSA) is 59.4 Å². The summed E-state index contributed by atoms with van der Waals surface area (Å²) in [6.07, 6.45) is 16.6. The van der Waals surface area contributed by atoms with Gasteiger partial charge >= 0.3 is 5.97 Å². The van der Waals surface area contributed by atoms with Crippen molar-refractivity contribution in [3.8, 4) is 11.1 Å². The zero-order valence-corrected chi connectivity index (χ0v) is 27.4. The molecule has 3 aromatic rings. The Balaban J connectivity index is 1.62. The van der Waals surface area contributed by atoms with Crippen molar-refractivity contribution < 1.29 is 14.6 Å². The van der Waals surface area contributed by atoms with Crippen molar-refractivity contribution in [1.82, 2.24) is 4.98 Å². The van der Waals surface area contributed by atoms with E-state index >= 15 is 0 Å². The lowest BCUT2D eigenvalue weighted by Gasteiger charge is -2.35. The number of hydrogen-bond donors (Lipinski definition) is 1. The number of carbonyl (C=O) groups excluding carboxylic acids is 1. The standard InChI is InChI=1S/C39H51NO3/c1-8-38(42,18-11-12-30-13-14-30)19-17-32-15-16-34(20-27(32)4)39(9-2,10-3)35-21-28(5)37(29(6)22-35)33-23-31(25-40-26-33)24-36(41)43-7/h15-17,19-23,25-26,30,42H,8-14,18,24H2,1-7H3/b19-17+. The van der Waals surface area contributed by atoms with Crippen LogP contribution in [0.2, 0.25) is 0 Å². The minimum absolute atomic E-state index is 0.112. The first-order valence-corrected chi connectivity index (χ1v) is 16.2. The van der Waals surface area contributed by atoms with Crippen LogP contribution in [0, 0.1) is 26.7 Å². The number of aryl methyl sites for hydroxylation is 3. The van der Waals surface area contributed by atoms with Gasteiger partial charge in [-0.2, -0.15) is 0 Å². The fourth-order valence-corrected chi connectivity index (χ4v) is 6.77. The van der Waals surface area contributed by atoms with Gasteiger partial charge in [0.25, 0.3) is 0 Å². The number of esters is 1. The predicted octanol–water partition coefficient (Wildman–Crippen LogP) is 9.23. The van der Waals surface area contributed by atoms with Crippen LogP contribution in [0.15, 0.2) is 54.9 Å². The zero-order valence-electron chi connectivity index (χ0n) is 27.4. The number of aromatic nitrogens is 1. The summed E-state index contributed by atoms with van der Waals surface area (Å²) in [4.78, 5) is 16.3. The summed E-state index contributed by atoms with van der Waals surface area (Å²) in [6, 6.07) is 13.6. The molecule has 0 amide bonds. The highest BCUT2D eigenvalue weighted by Crippen LogP contribution is 2.42. The van der Waals surface area contributed by atoms with Crippen LogP contribution in [0.25, 0.3) is 17.2 Å². The molecule has 0 saturated heterocycles. The molecule has 1 unspecified atom stereocenters. The molecular weight excluding hydrogens is 530 g/mol. The first-order chi connectivity index (χ1) is 20.6. The normalized spacial score (nSPS) is 15.1. The molecule has 1 fully saturated rings. The molecule has 4 nitrogen and oxygen atoms in total. The van der Waals surface area contributed by atoms with Gasteiger partial charge in [-0.1, -0.05) is 82.5 Å². The van der Waals surface area contributed by atoms with E-state index in [4.69, 9.17) is 4.74 Å². The fraction of sp³-hybridized carbons (Fsp3) is 0.487. The van der Waals surface area contributed by atoms with Gasteiger partial charge in [-0.05, 0) is 109 Å². The lowest BCUT2D eigenvalue weighted by atomic mass is 9.69. The molecule has 0 spiro atoms. The zero-order chi connectivity index (χ0) is 31.2. The minimum Gasteiger partial charge on any atom is -0.469 e. The quantitative estimate of drug-likeness (QED) is 0.193. The van der Waals surface area contributed by atoms with Crippen molar-refractivity contribution in [2.24, 2.45) is 5.92 Å². The molecule has 1 N–H and O–H groups in total. The highest BCUT2D eigenvalue weighted by atomic mass is 16.5. The van der Waals surface area contributed by atoms with E-state index < -0.39 is 5.60 Å². The van der Waals surface area contributed by atoms with Crippen molar-refractivity contribution in [3.05, 3.63) is 93.8 Å². The second kappa shape index (κ2) is 14.0. The summed E-state index contributed by atoms with van der Waals surface area (Å²) in [6.45, 7) is 13.2. The first-order valence-electron chi connectivity index (χ1n) is 16.2. The van der Waals surface area contributed by atoms with E-state index in [-0.39, 0.29) is 17.8 Å². The molecule has 4 rings (SSSR count). The highest BCUT2D eigenvalue weighted by molar-refractivity contribution is 5.75. The van der Waals surface area contributed by atoms with Gasteiger partial charge in [-0.3, -0.25) is 9.78 Å². The Hall–Kier alpha value is -3.24. The molecule has 1 aliphatic rings. The van der Waals surface area contributed by atoms with E-state index in [1.54, 1.807) is 6.20 Å². The number of nitrogens with zero attached hydrogens (tertiary/aromatic N) is 1. The third kappa shape index (κ3) is 7.65. The summed E-state index contributed by atoms with van der Waals surface area (Å²) in [5.74, 6) is 0.641. The monoisotopic (exact) mass is 581 g/mol. The molecule has 0 bridgehead atoms. The molecule has 4 heteroatoms. The molecule has 43 heavy (non-hydrogen) atoms. The average Bonchev–Trinajstić information content (AvgIpc) is 3.82. The number of rotatable bonds is 14. The molecule has 1 atom stereocenters. The Kier molecular flexibility index (Phi) is 10.7. The fourth-order valence-electron chi connectivity index (χ4n) is 6.77. The summed E-state index contributed by atoms with van der Waals surface area (Å²) < 4.78 is 4.86. The summed E-state index contributed by atoms with van der Waals surface area (Å²) in [5.41, 5.74) is 9.66. The Morgan fingerprint density at radius 1 is 0.953 bits per heavy atom. The minimum atomic E-state index is -0.734. The largest absolute Gasteiger partial charge is 0.469 e. The van der Waals surface area contributed by atoms with Crippen molar-refractivity contribution >= 4 is 12.0 Å². The Labute approximate surface area is 259 Å². The van der Waals surface area contributed by atoms with Gasteiger partial charge in [0.15, 0.2) is 0 Å². The van der Waals surface area contributed by atoms with Crippen LogP contribution in [0.5, 0.6) is 0 Å². The predicted molar refractivity (Wildman–Crippen MR) is 178 cm³/mol. The van der Waals surface area contributed by atoms with Gasteiger partial charge < -0.3 is 9.84 Å². The third-order valence-corrected chi connectivity index (χ3v) is 9.88. The number of ether oxygens (including phenoxy) is 1. The van der Waals surface area contributed by atoms with Crippen LogP contribution in [-0.4, -0.2) is 28.8 Å². The average molecular weight is 582 g/mol. The molecule has 1 aliphatic carbocycles. The molecule has 1 aromatic heterocycles. The van der Waals surface area contributed by atoms with E-state index in [2.05, 4.69) is 82.9 Å². The van der Waals surface area contributed by atoms with Crippen LogP contribution >= 0.6 is 0 Å². The maximum atomic E-state index is 11.9. The van der Waals surface area contributed by atoms with Gasteiger partial charge in [0.05, 0.1) is 19.1 Å². The van der Waals surface area contributed by atoms with Crippen LogP contribution in [-0.2, 0) is 21.4 Å². The SMILES string of the molecule is CCC(O)(/C=C/c1ccc(C(CC)(CC)c2cc(C)c(-c3cncc(CC(=O)OC)c3)c(C)c2)cc1C)CCCC1CC1. The van der Waals surface area contributed by atoms with Crippen molar-refractivity contribution in [2.75, 3.05) is 7.11 Å². The number of hydrogen-bond acceptors (Lipinski definition) is 4. The maximum absolute atomic E-state index is 11.9. The number of benzene rings is 2. The smallest absolute Gasteiger partial charge is 0.310 e. The first kappa shape index (κ1) is 32.7. The number of pyridine rings is 1. The van der Waals surface area contributed by atoms with Gasteiger partial charge in [-0.25, -0.2) is 0 Å². The van der Waals surface area contributed by atoms with Crippen LogP contribution in [0.3, 0.4) is 0 Å². The molecule has 2 aromatic carbocycles. The third-order valence-electron chi connectivity index (χ3n) is 9.88. The number of methoxy groups -OCH3 is 1. The lowest BCUT2D eigenvalue weighted by Crippen LogP contribution is -2.27. The number of aliphatic hydroxyl groups is 1. The second-order valence-corrected chi connectivity index (χ2v) is 12.8. The van der Waals surface area contributed by atoms with E-state index in [0.717, 1.165) is 49.1 Å². The van der Waals surface area contributed by atoms with Crippen molar-refractivity contribution in [1.29, 1.82) is 0 Å². The van der Waals surface area contributed by atoms with E-state index in [9.17, 15) is 9.90 Å². The highest BCUT2D eigenvalue weighted by Gasteiger charge is 2.32. The van der Waals surface area contributed by atoms with Crippen LogP contribution < -0.4 is 0 Å². The summed E-state index contributed by atoms with van der Waals surface area (Å²) in [5, 5.41) is 11.2. The number of carbonyl (C=O) groups is 1. The van der Waals surface area contributed by atoms with E-state index in [1.807, 2.05) is 18.3 Å². The Morgan fingerprint density at radius 2 is 1.63 bits per heavy atom. The summed E-state index contributed by atoms with van der Waals surface area (Å²) in [7, 11) is 1.41. The second-order valence-electron chi connectivity index (χ2n) is 12.8. The van der Waals surface area contributed by atoms with Gasteiger partial charge in [-0.15, -0.1) is 0 Å². The Bertz CT molecular complexity index is 1420. The van der Waals surface area contributed by atoms with Crippen LogP contribution in [0.1, 0.15) is 111 Å². The Morgan fingerprint density at radius 3 is 2.21 bits per heavy atom. The molecule has 0 radical (unpaired) electrons. The van der Waals surface area contributed by atoms with Gasteiger partial charge in [0.2, 0.25) is 0 Å². The lowest BCUT2D eigenvalue weighted by molar-refractivity contribution is -0.139. The molecule has 1 heterocycles. The van der Waals surface area contributed by atoms with Crippen LogP contribution in [0.4, 0.5) is 0 Å². The molecule has 1 saturated carbocycles. The van der Waals surface area contributed by atoms with Gasteiger partial charge in [0.1, 0.15) is 0 Å².